The Labute approximate surface area is 266 Å². The fraction of sp³-hybridized carbons (Fsp3) is 0.640. The van der Waals surface area contributed by atoms with Crippen LogP contribution in [0.25, 0.3) is 0 Å². The molecule has 2 N–H and O–H groups in total. The van der Waals surface area contributed by atoms with Crippen molar-refractivity contribution < 1.29 is 88.0 Å². The number of ether oxygens (including phenoxy) is 3. The van der Waals surface area contributed by atoms with Crippen LogP contribution in [0.1, 0.15) is 19.3 Å². The maximum atomic E-state index is 12.2. The first-order chi connectivity index (χ1) is 21.8. The average Bonchev–Trinajstić information content (AvgIpc) is 2.93. The van der Waals surface area contributed by atoms with Gasteiger partial charge in [-0.15, -0.1) is 0 Å². The van der Waals surface area contributed by atoms with E-state index in [9.17, 15) is 73.8 Å². The summed E-state index contributed by atoms with van der Waals surface area (Å²) < 4.78 is 16.0. The van der Waals surface area contributed by atoms with Gasteiger partial charge in [-0.3, -0.25) is 14.4 Å². The van der Waals surface area contributed by atoms with Crippen LogP contribution in [0.4, 0.5) is 0 Å². The summed E-state index contributed by atoms with van der Waals surface area (Å²) in [7, 11) is 0. The normalized spacial score (nSPS) is 10.9. The fourth-order valence-electron chi connectivity index (χ4n) is 3.54. The van der Waals surface area contributed by atoms with Crippen molar-refractivity contribution >= 4 is 53.5 Å². The SMILES string of the molecule is NC(COCCC(=O)N(CC(=O)[O-])CC(=O)[O-])(COCCC(=O)N(CC(=O)[O-])CC(=O)[O-])COCCC(=O)N(CC(=O)[O-])CC(=O)[O-]. The second-order valence-corrected chi connectivity index (χ2v) is 9.75. The van der Waals surface area contributed by atoms with Gasteiger partial charge < -0.3 is 94.1 Å². The van der Waals surface area contributed by atoms with Gasteiger partial charge in [0.15, 0.2) is 0 Å². The number of nitrogens with zero attached hydrogens (tertiary/aromatic N) is 3. The van der Waals surface area contributed by atoms with Crippen molar-refractivity contribution in [1.29, 1.82) is 0 Å². The quantitative estimate of drug-likeness (QED) is 0.0789. The average molecular weight is 677 g/mol. The molecule has 0 unspecified atom stereocenters. The Kier molecular flexibility index (Phi) is 19.5. The Balaban J connectivity index is 5.33. The molecule has 22 heteroatoms. The summed E-state index contributed by atoms with van der Waals surface area (Å²) >= 11 is 0. The molecule has 266 valence electrons. The highest BCUT2D eigenvalue weighted by atomic mass is 16.5. The second-order valence-electron chi connectivity index (χ2n) is 9.75. The molecule has 0 aliphatic carbocycles. The second kappa shape index (κ2) is 21.7. The minimum Gasteiger partial charge on any atom is -0.548 e. The van der Waals surface area contributed by atoms with Crippen LogP contribution in [0.2, 0.25) is 0 Å². The van der Waals surface area contributed by atoms with Crippen LogP contribution in [-0.2, 0) is 57.4 Å². The smallest absolute Gasteiger partial charge is 0.225 e. The molecular weight excluding hydrogens is 644 g/mol. The first-order valence-electron chi connectivity index (χ1n) is 13.4. The summed E-state index contributed by atoms with van der Waals surface area (Å²) in [5, 5.41) is 64.8. The van der Waals surface area contributed by atoms with Gasteiger partial charge in [0.2, 0.25) is 17.7 Å². The zero-order valence-corrected chi connectivity index (χ0v) is 24.9. The number of carboxylic acid groups (broad SMARTS) is 6. The monoisotopic (exact) mass is 676 g/mol. The molecule has 0 heterocycles. The molecule has 0 radical (unpaired) electrons. The predicted octanol–water partition coefficient (Wildman–Crippen LogP) is -12.1. The minimum atomic E-state index is -1.74. The van der Waals surface area contributed by atoms with E-state index in [2.05, 4.69) is 0 Å². The number of aliphatic carboxylic acids is 6. The van der Waals surface area contributed by atoms with E-state index >= 15 is 0 Å². The zero-order chi connectivity index (χ0) is 36.2. The lowest BCUT2D eigenvalue weighted by molar-refractivity contribution is -0.312. The summed E-state index contributed by atoms with van der Waals surface area (Å²) in [5.74, 6) is -13.3. The van der Waals surface area contributed by atoms with Gasteiger partial charge in [0.05, 0.1) is 140 Å². The van der Waals surface area contributed by atoms with Crippen LogP contribution >= 0.6 is 0 Å². The predicted molar refractivity (Wildman–Crippen MR) is 133 cm³/mol. The molecule has 0 saturated heterocycles. The van der Waals surface area contributed by atoms with E-state index in [1.165, 1.54) is 0 Å². The molecule has 0 aromatic heterocycles. The number of hydrogen-bond acceptors (Lipinski definition) is 19. The number of nitrogens with two attached hydrogens (primary N) is 1. The maximum Gasteiger partial charge on any atom is 0.225 e. The number of rotatable bonds is 27. The van der Waals surface area contributed by atoms with Crippen LogP contribution in [-0.4, -0.2) is 153 Å². The van der Waals surface area contributed by atoms with E-state index in [-0.39, 0.29) is 0 Å². The zero-order valence-electron chi connectivity index (χ0n) is 24.9. The fourth-order valence-corrected chi connectivity index (χ4v) is 3.54. The molecule has 0 spiro atoms. The molecule has 3 amide bonds. The van der Waals surface area contributed by atoms with E-state index in [4.69, 9.17) is 19.9 Å². The molecule has 0 aromatic rings. The molecule has 0 aliphatic heterocycles. The van der Waals surface area contributed by atoms with E-state index in [1.807, 2.05) is 0 Å². The molecule has 0 atom stereocenters. The van der Waals surface area contributed by atoms with Crippen LogP contribution in [0.15, 0.2) is 0 Å². The van der Waals surface area contributed by atoms with Crippen molar-refractivity contribution in [3.05, 3.63) is 0 Å². The maximum absolute atomic E-state index is 12.2. The number of carbonyl (C=O) groups excluding carboxylic acids is 9. The molecule has 0 bridgehead atoms. The topological polar surface area (TPSA) is 355 Å². The molecule has 0 aromatic carbocycles. The van der Waals surface area contributed by atoms with E-state index in [0.29, 0.717) is 14.7 Å². The summed E-state index contributed by atoms with van der Waals surface area (Å²) in [6.45, 7) is -9.00. The van der Waals surface area contributed by atoms with Gasteiger partial charge in [-0.05, 0) is 0 Å². The number of hydrogen-bond donors (Lipinski definition) is 1. The lowest BCUT2D eigenvalue weighted by atomic mass is 10.1. The molecule has 47 heavy (non-hydrogen) atoms. The minimum absolute atomic E-state index is 0.429. The molecule has 0 aliphatic rings. The van der Waals surface area contributed by atoms with Gasteiger partial charge in [0.1, 0.15) is 0 Å². The van der Waals surface area contributed by atoms with Gasteiger partial charge in [-0.2, -0.15) is 0 Å². The van der Waals surface area contributed by atoms with Crippen molar-refractivity contribution in [2.24, 2.45) is 5.73 Å². The molecule has 0 fully saturated rings. The Bertz CT molecular complexity index is 961. The van der Waals surface area contributed by atoms with Crippen LogP contribution in [0.5, 0.6) is 0 Å². The number of carbonyl (C=O) groups is 9. The molecule has 22 nitrogen and oxygen atoms in total. The summed E-state index contributed by atoms with van der Waals surface area (Å²) in [6, 6.07) is 0. The third-order valence-electron chi connectivity index (χ3n) is 5.53. The molecule has 0 saturated carbocycles. The van der Waals surface area contributed by atoms with Gasteiger partial charge in [-0.25, -0.2) is 0 Å². The van der Waals surface area contributed by atoms with E-state index < -0.39 is 157 Å². The van der Waals surface area contributed by atoms with Crippen LogP contribution in [0.3, 0.4) is 0 Å². The van der Waals surface area contributed by atoms with Crippen molar-refractivity contribution in [2.75, 3.05) is 78.9 Å². The van der Waals surface area contributed by atoms with Crippen molar-refractivity contribution in [1.82, 2.24) is 14.7 Å². The summed E-state index contributed by atoms with van der Waals surface area (Å²) in [5.41, 5.74) is 4.62. The van der Waals surface area contributed by atoms with Gasteiger partial charge in [0.25, 0.3) is 0 Å². The molecular formula is C25H32N4O18-6. The van der Waals surface area contributed by atoms with E-state index in [0.717, 1.165) is 0 Å². The Morgan fingerprint density at radius 1 is 0.426 bits per heavy atom. The summed E-state index contributed by atoms with van der Waals surface area (Å²) in [6.07, 6.45) is -1.58. The van der Waals surface area contributed by atoms with Gasteiger partial charge >= 0.3 is 0 Å². The van der Waals surface area contributed by atoms with Crippen molar-refractivity contribution in [2.45, 2.75) is 24.8 Å². The molecule has 0 rings (SSSR count). The Morgan fingerprint density at radius 2 is 0.617 bits per heavy atom. The van der Waals surface area contributed by atoms with Gasteiger partial charge in [-0.1, -0.05) is 0 Å². The van der Waals surface area contributed by atoms with Crippen LogP contribution in [0, 0.1) is 0 Å². The highest BCUT2D eigenvalue weighted by Crippen LogP contribution is 2.08. The lowest BCUT2D eigenvalue weighted by Gasteiger charge is -2.30. The van der Waals surface area contributed by atoms with Crippen LogP contribution < -0.4 is 36.4 Å². The van der Waals surface area contributed by atoms with Crippen molar-refractivity contribution in [3.8, 4) is 0 Å². The third-order valence-corrected chi connectivity index (χ3v) is 5.53. The number of amides is 3. The standard InChI is InChI=1S/C25H38N4O18/c26-25(13-45-4-1-16(30)27(7-19(33)34)8-20(35)36,14-46-5-2-17(31)28(9-21(37)38)10-22(39)40)15-47-6-3-18(32)29(11-23(41)42)12-24(43)44/h1-15,26H2,(H,33,34)(H,35,36)(H,37,38)(H,39,40)(H,41,42)(H,43,44)/p-6. The summed E-state index contributed by atoms with van der Waals surface area (Å²) in [4.78, 5) is 103. The number of carboxylic acids is 6. The first kappa shape index (κ1) is 42.1. The largest absolute Gasteiger partial charge is 0.548 e. The lowest BCUT2D eigenvalue weighted by Crippen LogP contribution is -2.53. The Morgan fingerprint density at radius 3 is 0.787 bits per heavy atom. The third kappa shape index (κ3) is 20.7. The van der Waals surface area contributed by atoms with Crippen molar-refractivity contribution in [3.63, 3.8) is 0 Å². The highest BCUT2D eigenvalue weighted by Gasteiger charge is 2.28. The van der Waals surface area contributed by atoms with E-state index in [1.54, 1.807) is 0 Å². The highest BCUT2D eigenvalue weighted by molar-refractivity contribution is 5.85. The van der Waals surface area contributed by atoms with Gasteiger partial charge in [0, 0.05) is 0 Å². The first-order valence-corrected chi connectivity index (χ1v) is 13.4. The Hall–Kier alpha value is -4.93.